The predicted octanol–water partition coefficient (Wildman–Crippen LogP) is 2.91. The van der Waals surface area contributed by atoms with Crippen molar-refractivity contribution in [3.63, 3.8) is 0 Å². The summed E-state index contributed by atoms with van der Waals surface area (Å²) in [5.41, 5.74) is -0.859. The van der Waals surface area contributed by atoms with Crippen molar-refractivity contribution in [3.8, 4) is 0 Å². The van der Waals surface area contributed by atoms with Gasteiger partial charge in [0.25, 0.3) is 0 Å². The molecule has 1 atom stereocenters. The van der Waals surface area contributed by atoms with Crippen LogP contribution in [0.1, 0.15) is 58.8 Å². The summed E-state index contributed by atoms with van der Waals surface area (Å²) in [4.78, 5) is 11.9. The molecule has 0 radical (unpaired) electrons. The van der Waals surface area contributed by atoms with E-state index in [1.54, 1.807) is 0 Å². The van der Waals surface area contributed by atoms with Crippen LogP contribution in [0, 0.1) is 11.8 Å². The van der Waals surface area contributed by atoms with Gasteiger partial charge in [0.2, 0.25) is 0 Å². The zero-order chi connectivity index (χ0) is 12.9. The van der Waals surface area contributed by atoms with Crippen molar-refractivity contribution in [2.45, 2.75) is 64.4 Å². The van der Waals surface area contributed by atoms with Crippen LogP contribution in [0.4, 0.5) is 0 Å². The third kappa shape index (κ3) is 3.70. The Kier molecular flexibility index (Phi) is 5.44. The molecule has 0 amide bonds. The molecule has 3 heteroatoms. The summed E-state index contributed by atoms with van der Waals surface area (Å²) in [6.07, 6.45) is 7.05. The summed E-state index contributed by atoms with van der Waals surface area (Å²) >= 11 is 0. The van der Waals surface area contributed by atoms with E-state index in [0.29, 0.717) is 0 Å². The predicted molar refractivity (Wildman–Crippen MR) is 67.6 cm³/mol. The fourth-order valence-electron chi connectivity index (χ4n) is 3.07. The Morgan fingerprint density at radius 3 is 2.00 bits per heavy atom. The summed E-state index contributed by atoms with van der Waals surface area (Å²) < 4.78 is 4.87. The Labute approximate surface area is 105 Å². The fourth-order valence-corrected chi connectivity index (χ4v) is 3.07. The topological polar surface area (TPSA) is 46.5 Å². The summed E-state index contributed by atoms with van der Waals surface area (Å²) in [5, 5.41) is 10.8. The van der Waals surface area contributed by atoms with E-state index in [9.17, 15) is 9.90 Å². The van der Waals surface area contributed by atoms with Crippen LogP contribution in [-0.2, 0) is 9.53 Å². The van der Waals surface area contributed by atoms with Gasteiger partial charge in [0, 0.05) is 0 Å². The lowest BCUT2D eigenvalue weighted by Crippen LogP contribution is -2.46. The minimum Gasteiger partial charge on any atom is -0.469 e. The van der Waals surface area contributed by atoms with Crippen LogP contribution in [0.25, 0.3) is 0 Å². The molecule has 3 nitrogen and oxygen atoms in total. The summed E-state index contributed by atoms with van der Waals surface area (Å²) in [5.74, 6) is -0.527. The zero-order valence-corrected chi connectivity index (χ0v) is 11.4. The van der Waals surface area contributed by atoms with Gasteiger partial charge in [-0.05, 0) is 18.8 Å². The molecule has 17 heavy (non-hydrogen) atoms. The number of esters is 1. The van der Waals surface area contributed by atoms with Crippen molar-refractivity contribution < 1.29 is 14.6 Å². The molecule has 1 aliphatic carbocycles. The van der Waals surface area contributed by atoms with Gasteiger partial charge in [-0.3, -0.25) is 4.79 Å². The van der Waals surface area contributed by atoms with Gasteiger partial charge in [0.05, 0.1) is 18.6 Å². The average molecular weight is 242 g/mol. The largest absolute Gasteiger partial charge is 0.469 e. The van der Waals surface area contributed by atoms with E-state index >= 15 is 0 Å². The van der Waals surface area contributed by atoms with Crippen LogP contribution in [0.2, 0.25) is 0 Å². The highest BCUT2D eigenvalue weighted by Gasteiger charge is 2.43. The first-order valence-electron chi connectivity index (χ1n) is 6.81. The molecule has 0 aromatic heterocycles. The smallest absolute Gasteiger partial charge is 0.311 e. The SMILES string of the molecule is COC(=O)C(C(C)C)C1(O)CCCCCCC1. The number of carbonyl (C=O) groups excluding carboxylic acids is 1. The molecule has 1 rings (SSSR count). The second kappa shape index (κ2) is 6.39. The lowest BCUT2D eigenvalue weighted by Gasteiger charge is -2.38. The average Bonchev–Trinajstić information content (AvgIpc) is 2.23. The van der Waals surface area contributed by atoms with E-state index in [0.717, 1.165) is 38.5 Å². The number of ether oxygens (including phenoxy) is 1. The molecular formula is C14H26O3. The van der Waals surface area contributed by atoms with Crippen molar-refractivity contribution >= 4 is 5.97 Å². The van der Waals surface area contributed by atoms with Gasteiger partial charge in [0.15, 0.2) is 0 Å². The monoisotopic (exact) mass is 242 g/mol. The Morgan fingerprint density at radius 1 is 1.12 bits per heavy atom. The quantitative estimate of drug-likeness (QED) is 0.774. The normalized spacial score (nSPS) is 22.6. The van der Waals surface area contributed by atoms with Crippen LogP contribution in [0.5, 0.6) is 0 Å². The van der Waals surface area contributed by atoms with E-state index < -0.39 is 5.60 Å². The molecule has 0 bridgehead atoms. The molecule has 0 heterocycles. The Bertz CT molecular complexity index is 240. The third-order valence-electron chi connectivity index (χ3n) is 3.92. The van der Waals surface area contributed by atoms with E-state index in [1.807, 2.05) is 13.8 Å². The first-order valence-corrected chi connectivity index (χ1v) is 6.81. The van der Waals surface area contributed by atoms with Gasteiger partial charge >= 0.3 is 5.97 Å². The van der Waals surface area contributed by atoms with Gasteiger partial charge in [-0.2, -0.15) is 0 Å². The van der Waals surface area contributed by atoms with Gasteiger partial charge in [0.1, 0.15) is 0 Å². The fraction of sp³-hybridized carbons (Fsp3) is 0.929. The molecule has 0 spiro atoms. The number of hydrogen-bond donors (Lipinski definition) is 1. The van der Waals surface area contributed by atoms with Crippen LogP contribution in [0.3, 0.4) is 0 Å². The second-order valence-corrected chi connectivity index (χ2v) is 5.62. The maximum atomic E-state index is 11.9. The van der Waals surface area contributed by atoms with Crippen LogP contribution in [0.15, 0.2) is 0 Å². The number of aliphatic hydroxyl groups is 1. The molecule has 100 valence electrons. The molecule has 1 aliphatic rings. The Morgan fingerprint density at radius 2 is 1.59 bits per heavy atom. The Hall–Kier alpha value is -0.570. The van der Waals surface area contributed by atoms with Gasteiger partial charge in [-0.15, -0.1) is 0 Å². The lowest BCUT2D eigenvalue weighted by molar-refractivity contribution is -0.161. The molecular weight excluding hydrogens is 216 g/mol. The van der Waals surface area contributed by atoms with Crippen LogP contribution < -0.4 is 0 Å². The lowest BCUT2D eigenvalue weighted by atomic mass is 9.73. The molecule has 1 fully saturated rings. The minimum atomic E-state index is -0.859. The maximum absolute atomic E-state index is 11.9. The van der Waals surface area contributed by atoms with Gasteiger partial charge in [-0.1, -0.05) is 46.0 Å². The third-order valence-corrected chi connectivity index (χ3v) is 3.92. The highest BCUT2D eigenvalue weighted by molar-refractivity contribution is 5.74. The molecule has 1 saturated carbocycles. The van der Waals surface area contributed by atoms with Crippen LogP contribution >= 0.6 is 0 Å². The second-order valence-electron chi connectivity index (χ2n) is 5.62. The molecule has 0 saturated heterocycles. The van der Waals surface area contributed by atoms with Crippen molar-refractivity contribution in [1.82, 2.24) is 0 Å². The highest BCUT2D eigenvalue weighted by Crippen LogP contribution is 2.37. The molecule has 0 aromatic rings. The summed E-state index contributed by atoms with van der Waals surface area (Å²) in [7, 11) is 1.41. The number of hydrogen-bond acceptors (Lipinski definition) is 3. The Balaban J connectivity index is 2.83. The first kappa shape index (κ1) is 14.5. The standard InChI is InChI=1S/C14H26O3/c1-11(2)12(13(15)17-3)14(16)9-7-5-4-6-8-10-14/h11-12,16H,4-10H2,1-3H3. The van der Waals surface area contributed by atoms with E-state index in [2.05, 4.69) is 0 Å². The summed E-state index contributed by atoms with van der Waals surface area (Å²) in [6.45, 7) is 3.97. The highest BCUT2D eigenvalue weighted by atomic mass is 16.5. The van der Waals surface area contributed by atoms with Crippen LogP contribution in [-0.4, -0.2) is 23.8 Å². The van der Waals surface area contributed by atoms with E-state index in [-0.39, 0.29) is 17.8 Å². The van der Waals surface area contributed by atoms with Crippen molar-refractivity contribution in [2.24, 2.45) is 11.8 Å². The summed E-state index contributed by atoms with van der Waals surface area (Å²) in [6, 6.07) is 0. The number of rotatable bonds is 3. The van der Waals surface area contributed by atoms with Crippen molar-refractivity contribution in [2.75, 3.05) is 7.11 Å². The van der Waals surface area contributed by atoms with Gasteiger partial charge < -0.3 is 9.84 Å². The number of carbonyl (C=O) groups is 1. The number of methoxy groups -OCH3 is 1. The van der Waals surface area contributed by atoms with E-state index in [1.165, 1.54) is 13.5 Å². The molecule has 1 unspecified atom stereocenters. The molecule has 0 aliphatic heterocycles. The van der Waals surface area contributed by atoms with Crippen molar-refractivity contribution in [3.05, 3.63) is 0 Å². The zero-order valence-electron chi connectivity index (χ0n) is 11.4. The maximum Gasteiger partial charge on any atom is 0.311 e. The molecule has 1 N–H and O–H groups in total. The minimum absolute atomic E-state index is 0.117. The van der Waals surface area contributed by atoms with Gasteiger partial charge in [-0.25, -0.2) is 0 Å². The van der Waals surface area contributed by atoms with Crippen molar-refractivity contribution in [1.29, 1.82) is 0 Å². The van der Waals surface area contributed by atoms with E-state index in [4.69, 9.17) is 4.74 Å². The first-order chi connectivity index (χ1) is 8.01. The molecule has 0 aromatic carbocycles.